The van der Waals surface area contributed by atoms with Crippen LogP contribution < -0.4 is 10.6 Å². The van der Waals surface area contributed by atoms with E-state index in [1.165, 1.54) is 6.07 Å². The lowest BCUT2D eigenvalue weighted by Gasteiger charge is -2.49. The van der Waals surface area contributed by atoms with E-state index in [0.717, 1.165) is 0 Å². The Labute approximate surface area is 225 Å². The number of aliphatic hydroxyl groups excluding tert-OH is 1. The Morgan fingerprint density at radius 3 is 2.54 bits per heavy atom. The van der Waals surface area contributed by atoms with Gasteiger partial charge in [0.1, 0.15) is 11.2 Å². The highest BCUT2D eigenvalue weighted by Gasteiger charge is 2.69. The number of rotatable bonds is 2. The molecule has 3 heterocycles. The first-order valence-electron chi connectivity index (χ1n) is 12.9. The minimum absolute atomic E-state index is 0.0312. The van der Waals surface area contributed by atoms with Gasteiger partial charge in [-0.15, -0.1) is 0 Å². The Morgan fingerprint density at radius 1 is 1.08 bits per heavy atom. The molecule has 1 aliphatic carbocycles. The summed E-state index contributed by atoms with van der Waals surface area (Å²) in [5, 5.41) is 17.0. The van der Waals surface area contributed by atoms with E-state index in [1.807, 2.05) is 24.8 Å². The van der Waals surface area contributed by atoms with E-state index < -0.39 is 34.8 Å². The number of halogens is 3. The molecule has 37 heavy (non-hydrogen) atoms. The SMILES string of the molecule is CC1(C)C[C@H]2N[C@@H](C(=O)N1C1CCC(O)CC1)[C@H](c1cccc(Cl)c1F)[C@]21C(=O)Nc2cc(Cl)ccc21. The normalized spacial score (nSPS) is 34.4. The molecule has 2 amide bonds. The van der Waals surface area contributed by atoms with Crippen LogP contribution in [0.2, 0.25) is 10.0 Å². The lowest BCUT2D eigenvalue weighted by Crippen LogP contribution is -2.61. The molecule has 1 spiro atoms. The summed E-state index contributed by atoms with van der Waals surface area (Å²) >= 11 is 12.5. The molecule has 6 rings (SSSR count). The van der Waals surface area contributed by atoms with E-state index in [1.54, 1.807) is 24.3 Å². The Kier molecular flexibility index (Phi) is 5.88. The molecule has 2 bridgehead atoms. The molecular formula is C28H30Cl2FN3O3. The molecule has 3 fully saturated rings. The van der Waals surface area contributed by atoms with Gasteiger partial charge in [0.05, 0.1) is 17.2 Å². The molecule has 1 saturated carbocycles. The predicted octanol–water partition coefficient (Wildman–Crippen LogP) is 4.76. The average molecular weight is 546 g/mol. The lowest BCUT2D eigenvalue weighted by atomic mass is 9.61. The van der Waals surface area contributed by atoms with Crippen LogP contribution in [0, 0.1) is 5.82 Å². The molecule has 3 N–H and O–H groups in total. The van der Waals surface area contributed by atoms with Crippen molar-refractivity contribution >= 4 is 40.7 Å². The molecule has 0 unspecified atom stereocenters. The van der Waals surface area contributed by atoms with Gasteiger partial charge in [-0.05, 0) is 75.3 Å². The van der Waals surface area contributed by atoms with Crippen molar-refractivity contribution in [3.8, 4) is 0 Å². The molecule has 196 valence electrons. The Hall–Kier alpha value is -2.19. The molecule has 4 atom stereocenters. The predicted molar refractivity (Wildman–Crippen MR) is 140 cm³/mol. The number of likely N-dealkylation sites (tertiary alicyclic amines) is 1. The zero-order valence-electron chi connectivity index (χ0n) is 20.7. The van der Waals surface area contributed by atoms with Crippen LogP contribution in [-0.4, -0.2) is 51.6 Å². The highest BCUT2D eigenvalue weighted by Crippen LogP contribution is 2.58. The maximum Gasteiger partial charge on any atom is 0.241 e. The number of nitrogens with zero attached hydrogens (tertiary/aromatic N) is 1. The van der Waals surface area contributed by atoms with Crippen molar-refractivity contribution in [2.24, 2.45) is 0 Å². The summed E-state index contributed by atoms with van der Waals surface area (Å²) in [5.74, 6) is -1.85. The number of aliphatic hydroxyl groups is 1. The number of carbonyl (C=O) groups excluding carboxylic acids is 2. The maximum absolute atomic E-state index is 15.7. The van der Waals surface area contributed by atoms with Gasteiger partial charge in [0.25, 0.3) is 0 Å². The Bertz CT molecular complexity index is 1300. The second-order valence-electron chi connectivity index (χ2n) is 11.5. The summed E-state index contributed by atoms with van der Waals surface area (Å²) in [7, 11) is 0. The first kappa shape index (κ1) is 25.1. The summed E-state index contributed by atoms with van der Waals surface area (Å²) in [6, 6.07) is 8.72. The number of anilines is 1. The van der Waals surface area contributed by atoms with Crippen molar-refractivity contribution in [3.63, 3.8) is 0 Å². The highest BCUT2D eigenvalue weighted by atomic mass is 35.5. The lowest BCUT2D eigenvalue weighted by molar-refractivity contribution is -0.144. The third-order valence-corrected chi connectivity index (χ3v) is 9.54. The number of hydrogen-bond acceptors (Lipinski definition) is 4. The van der Waals surface area contributed by atoms with Crippen LogP contribution in [0.3, 0.4) is 0 Å². The van der Waals surface area contributed by atoms with E-state index in [9.17, 15) is 14.7 Å². The van der Waals surface area contributed by atoms with Crippen molar-refractivity contribution in [1.29, 1.82) is 0 Å². The van der Waals surface area contributed by atoms with Gasteiger partial charge in [-0.1, -0.05) is 41.4 Å². The van der Waals surface area contributed by atoms with E-state index in [4.69, 9.17) is 23.2 Å². The summed E-state index contributed by atoms with van der Waals surface area (Å²) in [6.07, 6.45) is 2.83. The molecule has 3 aliphatic heterocycles. The van der Waals surface area contributed by atoms with E-state index in [2.05, 4.69) is 10.6 Å². The van der Waals surface area contributed by atoms with Crippen LogP contribution in [0.1, 0.15) is 63.0 Å². The first-order chi connectivity index (χ1) is 17.6. The largest absolute Gasteiger partial charge is 0.393 e. The van der Waals surface area contributed by atoms with Gasteiger partial charge in [-0.25, -0.2) is 4.39 Å². The van der Waals surface area contributed by atoms with Gasteiger partial charge < -0.3 is 20.6 Å². The monoisotopic (exact) mass is 545 g/mol. The Balaban J connectivity index is 1.55. The Morgan fingerprint density at radius 2 is 1.81 bits per heavy atom. The minimum atomic E-state index is -1.22. The average Bonchev–Trinajstić information content (AvgIpc) is 3.28. The van der Waals surface area contributed by atoms with Crippen molar-refractivity contribution in [2.75, 3.05) is 5.32 Å². The van der Waals surface area contributed by atoms with Crippen LogP contribution in [0.5, 0.6) is 0 Å². The van der Waals surface area contributed by atoms with Gasteiger partial charge in [0.15, 0.2) is 0 Å². The zero-order chi connectivity index (χ0) is 26.3. The fraction of sp³-hybridized carbons (Fsp3) is 0.500. The van der Waals surface area contributed by atoms with E-state index in [0.29, 0.717) is 48.4 Å². The number of benzene rings is 2. The van der Waals surface area contributed by atoms with Gasteiger partial charge in [0, 0.05) is 34.3 Å². The standard InChI is InChI=1S/C28H30Cl2FN3O3/c1-27(2)13-21-28(18-11-6-14(29)12-20(18)32-26(28)37)22(17-4-3-5-19(30)23(17)31)24(33-21)25(36)34(27)15-7-9-16(35)10-8-15/h3-6,11-12,15-16,21-22,24,33,35H,7-10,13H2,1-2H3,(H,32,37)/t15?,16?,21-,22+,24-,28-/m1/s1. The van der Waals surface area contributed by atoms with Crippen LogP contribution in [0.15, 0.2) is 36.4 Å². The fourth-order valence-corrected chi connectivity index (χ4v) is 7.92. The molecule has 0 aromatic heterocycles. The van der Waals surface area contributed by atoms with Gasteiger partial charge >= 0.3 is 0 Å². The summed E-state index contributed by atoms with van der Waals surface area (Å²) in [5.41, 5.74) is -0.253. The maximum atomic E-state index is 15.7. The smallest absolute Gasteiger partial charge is 0.241 e. The van der Waals surface area contributed by atoms with Crippen molar-refractivity contribution in [3.05, 3.63) is 63.4 Å². The topological polar surface area (TPSA) is 81.7 Å². The van der Waals surface area contributed by atoms with Crippen LogP contribution in [-0.2, 0) is 15.0 Å². The summed E-state index contributed by atoms with van der Waals surface area (Å²) < 4.78 is 15.7. The molecule has 0 radical (unpaired) electrons. The first-order valence-corrected chi connectivity index (χ1v) is 13.6. The second kappa shape index (κ2) is 8.67. The van der Waals surface area contributed by atoms with Crippen molar-refractivity contribution < 1.29 is 19.1 Å². The highest BCUT2D eigenvalue weighted by molar-refractivity contribution is 6.31. The number of hydrogen-bond donors (Lipinski definition) is 3. The van der Waals surface area contributed by atoms with Crippen LogP contribution in [0.4, 0.5) is 10.1 Å². The molecule has 2 saturated heterocycles. The quantitative estimate of drug-likeness (QED) is 0.508. The van der Waals surface area contributed by atoms with Crippen molar-refractivity contribution in [2.45, 2.75) is 87.1 Å². The minimum Gasteiger partial charge on any atom is -0.393 e. The third-order valence-electron chi connectivity index (χ3n) is 9.01. The van der Waals surface area contributed by atoms with E-state index >= 15 is 4.39 Å². The molecule has 2 aromatic rings. The molecule has 9 heteroatoms. The van der Waals surface area contributed by atoms with Crippen LogP contribution in [0.25, 0.3) is 0 Å². The fourth-order valence-electron chi connectivity index (χ4n) is 7.56. The number of nitrogens with one attached hydrogen (secondary N) is 2. The second-order valence-corrected chi connectivity index (χ2v) is 12.4. The number of fused-ring (bicyclic) bond motifs is 5. The van der Waals surface area contributed by atoms with E-state index in [-0.39, 0.29) is 34.5 Å². The number of amides is 2. The molecule has 2 aromatic carbocycles. The van der Waals surface area contributed by atoms with Crippen LogP contribution >= 0.6 is 23.2 Å². The number of carbonyl (C=O) groups is 2. The summed E-state index contributed by atoms with van der Waals surface area (Å²) in [4.78, 5) is 30.5. The molecule has 4 aliphatic rings. The zero-order valence-corrected chi connectivity index (χ0v) is 22.2. The summed E-state index contributed by atoms with van der Waals surface area (Å²) in [6.45, 7) is 4.08. The molecule has 6 nitrogen and oxygen atoms in total. The molecular weight excluding hydrogens is 516 g/mol. The van der Waals surface area contributed by atoms with Crippen molar-refractivity contribution in [1.82, 2.24) is 10.2 Å². The van der Waals surface area contributed by atoms with Gasteiger partial charge in [-0.2, -0.15) is 0 Å². The third kappa shape index (κ3) is 3.58. The van der Waals surface area contributed by atoms with Gasteiger partial charge in [-0.3, -0.25) is 9.59 Å². The van der Waals surface area contributed by atoms with Gasteiger partial charge in [0.2, 0.25) is 11.8 Å².